The zero-order valence-corrected chi connectivity index (χ0v) is 8.23. The van der Waals surface area contributed by atoms with Gasteiger partial charge in [-0.2, -0.15) is 0 Å². The van der Waals surface area contributed by atoms with Crippen LogP contribution in [0.3, 0.4) is 0 Å². The first kappa shape index (κ1) is 8.94. The fourth-order valence-electron chi connectivity index (χ4n) is 1.50. The third-order valence-electron chi connectivity index (χ3n) is 2.28. The summed E-state index contributed by atoms with van der Waals surface area (Å²) in [4.78, 5) is 8.05. The lowest BCUT2D eigenvalue weighted by atomic mass is 10.0. The van der Waals surface area contributed by atoms with Crippen LogP contribution in [0.2, 0.25) is 0 Å². The van der Waals surface area contributed by atoms with Crippen LogP contribution in [0.25, 0.3) is 10.9 Å². The lowest BCUT2D eigenvalue weighted by molar-refractivity contribution is 0.466. The van der Waals surface area contributed by atoms with Crippen LogP contribution < -0.4 is 0 Å². The molecule has 0 aliphatic carbocycles. The van der Waals surface area contributed by atoms with E-state index >= 15 is 0 Å². The van der Waals surface area contributed by atoms with E-state index in [2.05, 4.69) is 9.97 Å². The Labute approximate surface area is 82.4 Å². The molecule has 1 N–H and O–H groups in total. The molecule has 14 heavy (non-hydrogen) atoms. The van der Waals surface area contributed by atoms with Crippen LogP contribution >= 0.6 is 0 Å². The van der Waals surface area contributed by atoms with Gasteiger partial charge in [0.25, 0.3) is 0 Å². The minimum absolute atomic E-state index is 0.300. The van der Waals surface area contributed by atoms with Crippen molar-refractivity contribution >= 4 is 10.9 Å². The molecule has 0 spiro atoms. The maximum atomic E-state index is 9.72. The number of rotatable bonds is 1. The number of aromatic hydroxyl groups is 1. The Morgan fingerprint density at radius 2 is 2.07 bits per heavy atom. The Morgan fingerprint density at radius 1 is 1.29 bits per heavy atom. The minimum atomic E-state index is 0.300. The predicted octanol–water partition coefficient (Wildman–Crippen LogP) is 2.46. The highest BCUT2D eigenvalue weighted by Gasteiger charge is 2.07. The summed E-state index contributed by atoms with van der Waals surface area (Å²) in [7, 11) is 0. The first-order chi connectivity index (χ1) is 6.68. The number of hydrogen-bond donors (Lipinski definition) is 1. The maximum absolute atomic E-state index is 9.72. The zero-order valence-electron chi connectivity index (χ0n) is 8.23. The average Bonchev–Trinajstić information content (AvgIpc) is 2.16. The van der Waals surface area contributed by atoms with Crippen molar-refractivity contribution in [2.24, 2.45) is 0 Å². The van der Waals surface area contributed by atoms with E-state index in [1.807, 2.05) is 19.9 Å². The first-order valence-electron chi connectivity index (χ1n) is 4.61. The van der Waals surface area contributed by atoms with Gasteiger partial charge in [0.15, 0.2) is 0 Å². The van der Waals surface area contributed by atoms with Crippen LogP contribution in [0, 0.1) is 0 Å². The summed E-state index contributed by atoms with van der Waals surface area (Å²) in [5.41, 5.74) is 1.80. The number of aromatic nitrogens is 2. The molecule has 72 valence electrons. The van der Waals surface area contributed by atoms with Crippen molar-refractivity contribution in [3.05, 3.63) is 30.2 Å². The summed E-state index contributed by atoms with van der Waals surface area (Å²) < 4.78 is 0. The zero-order chi connectivity index (χ0) is 10.1. The second-order valence-electron chi connectivity index (χ2n) is 3.65. The van der Waals surface area contributed by atoms with E-state index in [9.17, 15) is 5.11 Å². The van der Waals surface area contributed by atoms with Gasteiger partial charge < -0.3 is 5.11 Å². The Hall–Kier alpha value is -1.64. The van der Waals surface area contributed by atoms with E-state index < -0.39 is 0 Å². The van der Waals surface area contributed by atoms with Gasteiger partial charge in [0.1, 0.15) is 12.1 Å². The van der Waals surface area contributed by atoms with E-state index in [0.717, 1.165) is 16.5 Å². The standard InChI is InChI=1S/C11H12N2O/c1-7(2)9-4-10-8(3-11(9)14)5-12-6-13-10/h3-7,14H,1-2H3. The molecule has 0 saturated heterocycles. The van der Waals surface area contributed by atoms with Gasteiger partial charge in [-0.1, -0.05) is 13.8 Å². The van der Waals surface area contributed by atoms with Crippen LogP contribution in [0.1, 0.15) is 25.3 Å². The number of phenolic OH excluding ortho intramolecular Hbond substituents is 1. The monoisotopic (exact) mass is 188 g/mol. The highest BCUT2D eigenvalue weighted by atomic mass is 16.3. The average molecular weight is 188 g/mol. The number of hydrogen-bond acceptors (Lipinski definition) is 3. The number of fused-ring (bicyclic) bond motifs is 1. The molecule has 0 amide bonds. The number of phenols is 1. The predicted molar refractivity (Wildman–Crippen MR) is 55.3 cm³/mol. The van der Waals surface area contributed by atoms with Crippen LogP contribution in [0.5, 0.6) is 5.75 Å². The van der Waals surface area contributed by atoms with E-state index in [1.165, 1.54) is 6.33 Å². The molecular formula is C11H12N2O. The second kappa shape index (κ2) is 3.25. The largest absolute Gasteiger partial charge is 0.508 e. The summed E-state index contributed by atoms with van der Waals surface area (Å²) in [6.07, 6.45) is 3.22. The van der Waals surface area contributed by atoms with Gasteiger partial charge in [0, 0.05) is 11.6 Å². The van der Waals surface area contributed by atoms with Crippen LogP contribution in [0.4, 0.5) is 0 Å². The van der Waals surface area contributed by atoms with Crippen LogP contribution in [-0.2, 0) is 0 Å². The lowest BCUT2D eigenvalue weighted by Gasteiger charge is -2.08. The Bertz CT molecular complexity index is 466. The van der Waals surface area contributed by atoms with Gasteiger partial charge in [-0.15, -0.1) is 0 Å². The molecule has 0 atom stereocenters. The molecule has 0 fully saturated rings. The summed E-state index contributed by atoms with van der Waals surface area (Å²) in [5, 5.41) is 10.6. The van der Waals surface area contributed by atoms with Gasteiger partial charge in [-0.3, -0.25) is 0 Å². The van der Waals surface area contributed by atoms with Crippen molar-refractivity contribution in [1.29, 1.82) is 0 Å². The van der Waals surface area contributed by atoms with Crippen molar-refractivity contribution < 1.29 is 5.11 Å². The molecule has 0 saturated carbocycles. The van der Waals surface area contributed by atoms with Crippen molar-refractivity contribution in [3.63, 3.8) is 0 Å². The van der Waals surface area contributed by atoms with Crippen molar-refractivity contribution in [2.45, 2.75) is 19.8 Å². The summed E-state index contributed by atoms with van der Waals surface area (Å²) in [6.45, 7) is 4.09. The highest BCUT2D eigenvalue weighted by Crippen LogP contribution is 2.28. The SMILES string of the molecule is CC(C)c1cc2ncncc2cc1O. The smallest absolute Gasteiger partial charge is 0.119 e. The molecule has 1 aromatic carbocycles. The third-order valence-corrected chi connectivity index (χ3v) is 2.28. The molecular weight excluding hydrogens is 176 g/mol. The van der Waals surface area contributed by atoms with Gasteiger partial charge in [-0.25, -0.2) is 9.97 Å². The maximum Gasteiger partial charge on any atom is 0.119 e. The molecule has 1 aromatic heterocycles. The van der Waals surface area contributed by atoms with E-state index in [-0.39, 0.29) is 0 Å². The topological polar surface area (TPSA) is 46.0 Å². The molecule has 2 rings (SSSR count). The highest BCUT2D eigenvalue weighted by molar-refractivity contribution is 5.80. The van der Waals surface area contributed by atoms with Gasteiger partial charge in [0.05, 0.1) is 5.52 Å². The Morgan fingerprint density at radius 3 is 2.79 bits per heavy atom. The van der Waals surface area contributed by atoms with Gasteiger partial charge >= 0.3 is 0 Å². The molecule has 0 unspecified atom stereocenters. The van der Waals surface area contributed by atoms with Crippen molar-refractivity contribution in [2.75, 3.05) is 0 Å². The third kappa shape index (κ3) is 1.41. The summed E-state index contributed by atoms with van der Waals surface area (Å²) in [6, 6.07) is 3.63. The number of benzene rings is 1. The molecule has 0 radical (unpaired) electrons. The molecule has 0 bridgehead atoms. The fraction of sp³-hybridized carbons (Fsp3) is 0.273. The summed E-state index contributed by atoms with van der Waals surface area (Å²) >= 11 is 0. The fourth-order valence-corrected chi connectivity index (χ4v) is 1.50. The van der Waals surface area contributed by atoms with Crippen LogP contribution in [-0.4, -0.2) is 15.1 Å². The van der Waals surface area contributed by atoms with E-state index in [0.29, 0.717) is 11.7 Å². The van der Waals surface area contributed by atoms with Crippen molar-refractivity contribution in [1.82, 2.24) is 9.97 Å². The van der Waals surface area contributed by atoms with Gasteiger partial charge in [-0.05, 0) is 23.6 Å². The normalized spacial score (nSPS) is 11.1. The van der Waals surface area contributed by atoms with E-state index in [4.69, 9.17) is 0 Å². The van der Waals surface area contributed by atoms with Gasteiger partial charge in [0.2, 0.25) is 0 Å². The Kier molecular flexibility index (Phi) is 2.08. The van der Waals surface area contributed by atoms with E-state index in [1.54, 1.807) is 12.3 Å². The molecule has 3 heteroatoms. The minimum Gasteiger partial charge on any atom is -0.508 e. The summed E-state index contributed by atoms with van der Waals surface area (Å²) in [5.74, 6) is 0.622. The Balaban J connectivity index is 2.71. The molecule has 0 aliphatic heterocycles. The second-order valence-corrected chi connectivity index (χ2v) is 3.65. The molecule has 2 aromatic rings. The quantitative estimate of drug-likeness (QED) is 0.747. The first-order valence-corrected chi connectivity index (χ1v) is 4.61. The molecule has 1 heterocycles. The lowest BCUT2D eigenvalue weighted by Crippen LogP contribution is -1.90. The van der Waals surface area contributed by atoms with Crippen molar-refractivity contribution in [3.8, 4) is 5.75 Å². The molecule has 3 nitrogen and oxygen atoms in total. The number of nitrogens with zero attached hydrogens (tertiary/aromatic N) is 2. The van der Waals surface area contributed by atoms with Crippen LogP contribution in [0.15, 0.2) is 24.7 Å². The molecule has 0 aliphatic rings.